The van der Waals surface area contributed by atoms with Crippen molar-refractivity contribution in [3.63, 3.8) is 0 Å². The van der Waals surface area contributed by atoms with E-state index in [-0.39, 0.29) is 18.4 Å². The van der Waals surface area contributed by atoms with E-state index in [9.17, 15) is 9.59 Å². The third-order valence-corrected chi connectivity index (χ3v) is 7.33. The van der Waals surface area contributed by atoms with Crippen LogP contribution in [-0.2, 0) is 6.54 Å². The fourth-order valence-corrected chi connectivity index (χ4v) is 5.28. The van der Waals surface area contributed by atoms with Gasteiger partial charge in [0.25, 0.3) is 11.8 Å². The van der Waals surface area contributed by atoms with Crippen molar-refractivity contribution in [3.05, 3.63) is 89.0 Å². The predicted molar refractivity (Wildman–Crippen MR) is 143 cm³/mol. The third-order valence-electron chi connectivity index (χ3n) is 7.33. The molecule has 0 saturated carbocycles. The number of imide groups is 1. The van der Waals surface area contributed by atoms with Crippen LogP contribution >= 0.6 is 0 Å². The highest BCUT2D eigenvalue weighted by atomic mass is 16.5. The molecule has 0 aromatic heterocycles. The van der Waals surface area contributed by atoms with Crippen molar-refractivity contribution in [2.75, 3.05) is 44.8 Å². The molecule has 1 atom stereocenters. The summed E-state index contributed by atoms with van der Waals surface area (Å²) in [4.78, 5) is 32.9. The van der Waals surface area contributed by atoms with E-state index in [2.05, 4.69) is 41.0 Å². The number of methoxy groups -OCH3 is 1. The number of carbonyl (C=O) groups is 2. The number of ether oxygens (including phenoxy) is 2. The lowest BCUT2D eigenvalue weighted by Crippen LogP contribution is -2.47. The molecule has 7 nitrogen and oxygen atoms in total. The van der Waals surface area contributed by atoms with Crippen molar-refractivity contribution in [1.29, 1.82) is 0 Å². The molecule has 3 aromatic rings. The highest BCUT2D eigenvalue weighted by Crippen LogP contribution is 2.35. The highest BCUT2D eigenvalue weighted by Gasteiger charge is 2.39. The largest absolute Gasteiger partial charge is 0.493 e. The number of hydrogen-bond acceptors (Lipinski definition) is 6. The Kier molecular flexibility index (Phi) is 7.15. The molecule has 1 unspecified atom stereocenters. The van der Waals surface area contributed by atoms with Crippen molar-refractivity contribution in [3.8, 4) is 11.5 Å². The molecule has 2 aliphatic rings. The number of rotatable bonds is 8. The lowest BCUT2D eigenvalue weighted by molar-refractivity contribution is 0.0642. The van der Waals surface area contributed by atoms with Gasteiger partial charge in [0.05, 0.1) is 37.1 Å². The van der Waals surface area contributed by atoms with Crippen LogP contribution in [0, 0.1) is 0 Å². The second-order valence-electron chi connectivity index (χ2n) is 9.42. The fourth-order valence-electron chi connectivity index (χ4n) is 5.28. The van der Waals surface area contributed by atoms with Crippen LogP contribution in [0.25, 0.3) is 0 Å². The summed E-state index contributed by atoms with van der Waals surface area (Å²) in [5.74, 6) is 0.716. The number of nitrogens with zero attached hydrogens (tertiary/aromatic N) is 3. The lowest BCUT2D eigenvalue weighted by atomic mass is 10.0. The van der Waals surface area contributed by atoms with Gasteiger partial charge in [-0.15, -0.1) is 0 Å². The Bertz CT molecular complexity index is 1290. The Morgan fingerprint density at radius 3 is 2.32 bits per heavy atom. The second-order valence-corrected chi connectivity index (χ2v) is 9.42. The fraction of sp³-hybridized carbons (Fsp3) is 0.333. The number of carbonyl (C=O) groups excluding carboxylic acids is 2. The van der Waals surface area contributed by atoms with E-state index in [0.29, 0.717) is 35.3 Å². The Morgan fingerprint density at radius 2 is 1.62 bits per heavy atom. The van der Waals surface area contributed by atoms with Crippen molar-refractivity contribution < 1.29 is 19.1 Å². The smallest absolute Gasteiger partial charge is 0.263 e. The van der Waals surface area contributed by atoms with Crippen LogP contribution in [0.15, 0.2) is 66.7 Å². The Balaban J connectivity index is 1.32. The minimum absolute atomic E-state index is 0.177. The first-order valence-electron chi connectivity index (χ1n) is 12.8. The summed E-state index contributed by atoms with van der Waals surface area (Å²) in [6.07, 6.45) is 0. The summed E-state index contributed by atoms with van der Waals surface area (Å²) in [5, 5.41) is 0. The van der Waals surface area contributed by atoms with Gasteiger partial charge < -0.3 is 14.4 Å². The summed E-state index contributed by atoms with van der Waals surface area (Å²) in [5.41, 5.74) is 3.93. The van der Waals surface area contributed by atoms with Crippen molar-refractivity contribution in [2.24, 2.45) is 0 Å². The van der Waals surface area contributed by atoms with Gasteiger partial charge in [-0.1, -0.05) is 42.5 Å². The van der Waals surface area contributed by atoms with Gasteiger partial charge in [-0.05, 0) is 49.2 Å². The van der Waals surface area contributed by atoms with Crippen LogP contribution in [0.5, 0.6) is 11.5 Å². The molecule has 0 aliphatic carbocycles. The zero-order valence-electron chi connectivity index (χ0n) is 21.6. The van der Waals surface area contributed by atoms with E-state index >= 15 is 0 Å². The number of benzene rings is 3. The number of piperazine rings is 1. The molecule has 37 heavy (non-hydrogen) atoms. The third kappa shape index (κ3) is 4.79. The first-order chi connectivity index (χ1) is 18.0. The monoisotopic (exact) mass is 499 g/mol. The van der Waals surface area contributed by atoms with Gasteiger partial charge >= 0.3 is 0 Å². The van der Waals surface area contributed by atoms with Crippen molar-refractivity contribution in [2.45, 2.75) is 26.4 Å². The van der Waals surface area contributed by atoms with Gasteiger partial charge in [0, 0.05) is 32.2 Å². The van der Waals surface area contributed by atoms with Crippen LogP contribution in [0.2, 0.25) is 0 Å². The normalized spacial score (nSPS) is 16.6. The molecule has 1 saturated heterocycles. The molecule has 7 heteroatoms. The maximum atomic E-state index is 13.6. The minimum atomic E-state index is -0.258. The van der Waals surface area contributed by atoms with Crippen LogP contribution < -0.4 is 14.4 Å². The molecule has 3 aromatic carbocycles. The Labute approximate surface area is 218 Å². The standard InChI is InChI=1S/C30H33N3O4/c1-4-37-26-14-13-22(19-27(26)36-3)20-33-29(34)24-11-8-12-25(28(24)30(33)35)32-17-15-31(16-18-32)21(2)23-9-6-5-7-10-23/h5-14,19,21H,4,15-18,20H2,1-3H3. The van der Waals surface area contributed by atoms with E-state index in [1.165, 1.54) is 10.5 Å². The molecule has 5 rings (SSSR count). The average molecular weight is 500 g/mol. The Hall–Kier alpha value is -3.84. The zero-order chi connectivity index (χ0) is 25.9. The maximum absolute atomic E-state index is 13.6. The van der Waals surface area contributed by atoms with Gasteiger partial charge in [0.15, 0.2) is 11.5 Å². The van der Waals surface area contributed by atoms with Gasteiger partial charge in [0.1, 0.15) is 0 Å². The minimum Gasteiger partial charge on any atom is -0.493 e. The number of fused-ring (bicyclic) bond motifs is 1. The molecule has 2 heterocycles. The molecule has 2 amide bonds. The van der Waals surface area contributed by atoms with E-state index in [4.69, 9.17) is 9.47 Å². The topological polar surface area (TPSA) is 62.3 Å². The molecule has 2 aliphatic heterocycles. The maximum Gasteiger partial charge on any atom is 0.263 e. The second kappa shape index (κ2) is 10.6. The molecule has 0 spiro atoms. The molecule has 0 radical (unpaired) electrons. The molecule has 1 fully saturated rings. The molecule has 0 bridgehead atoms. The SMILES string of the molecule is CCOc1ccc(CN2C(=O)c3cccc(N4CCN(C(C)c5ccccc5)CC4)c3C2=O)cc1OC. The predicted octanol–water partition coefficient (Wildman–Crippen LogP) is 4.77. The average Bonchev–Trinajstić information content (AvgIpc) is 3.19. The first kappa shape index (κ1) is 24.8. The van der Waals surface area contributed by atoms with Crippen LogP contribution in [0.3, 0.4) is 0 Å². The van der Waals surface area contributed by atoms with E-state index in [0.717, 1.165) is 37.4 Å². The van der Waals surface area contributed by atoms with Crippen LogP contribution in [0.4, 0.5) is 5.69 Å². The summed E-state index contributed by atoms with van der Waals surface area (Å²) >= 11 is 0. The summed E-state index contributed by atoms with van der Waals surface area (Å²) in [6.45, 7) is 8.22. The lowest BCUT2D eigenvalue weighted by Gasteiger charge is -2.39. The molecule has 192 valence electrons. The number of hydrogen-bond donors (Lipinski definition) is 0. The molecular formula is C30H33N3O4. The Morgan fingerprint density at radius 1 is 0.865 bits per heavy atom. The number of amides is 2. The summed E-state index contributed by atoms with van der Waals surface area (Å²) in [6, 6.07) is 22.0. The van der Waals surface area contributed by atoms with Crippen LogP contribution in [0.1, 0.15) is 51.7 Å². The van der Waals surface area contributed by atoms with Crippen molar-refractivity contribution >= 4 is 17.5 Å². The molecule has 0 N–H and O–H groups in total. The quantitative estimate of drug-likeness (QED) is 0.416. The van der Waals surface area contributed by atoms with Gasteiger partial charge in [0.2, 0.25) is 0 Å². The van der Waals surface area contributed by atoms with Crippen LogP contribution in [-0.4, -0.2) is 61.5 Å². The first-order valence-corrected chi connectivity index (χ1v) is 12.8. The van der Waals surface area contributed by atoms with Gasteiger partial charge in [-0.25, -0.2) is 0 Å². The highest BCUT2D eigenvalue weighted by molar-refractivity contribution is 6.23. The summed E-state index contributed by atoms with van der Waals surface area (Å²) in [7, 11) is 1.58. The number of anilines is 1. The van der Waals surface area contributed by atoms with Gasteiger partial charge in [-0.2, -0.15) is 0 Å². The summed E-state index contributed by atoms with van der Waals surface area (Å²) < 4.78 is 11.0. The van der Waals surface area contributed by atoms with E-state index < -0.39 is 0 Å². The zero-order valence-corrected chi connectivity index (χ0v) is 21.6. The van der Waals surface area contributed by atoms with E-state index in [1.807, 2.05) is 43.3 Å². The van der Waals surface area contributed by atoms with Gasteiger partial charge in [-0.3, -0.25) is 19.4 Å². The van der Waals surface area contributed by atoms with Crippen molar-refractivity contribution in [1.82, 2.24) is 9.80 Å². The molecular weight excluding hydrogens is 466 g/mol. The van der Waals surface area contributed by atoms with E-state index in [1.54, 1.807) is 13.2 Å².